The van der Waals surface area contributed by atoms with Gasteiger partial charge in [0.05, 0.1) is 12.7 Å². The van der Waals surface area contributed by atoms with Crippen molar-refractivity contribution in [3.8, 4) is 0 Å². The molecular formula is C16H18N2O4S2. The number of likely N-dealkylation sites (N-methyl/N-ethyl adjacent to an activating group) is 1. The Morgan fingerprint density at radius 1 is 1.33 bits per heavy atom. The molecule has 8 heteroatoms. The molecule has 2 unspecified atom stereocenters. The van der Waals surface area contributed by atoms with Crippen LogP contribution in [-0.2, 0) is 20.9 Å². The van der Waals surface area contributed by atoms with E-state index in [4.69, 9.17) is 0 Å². The van der Waals surface area contributed by atoms with E-state index in [1.807, 2.05) is 0 Å². The number of ether oxygens (including phenoxy) is 1. The molecule has 2 amide bonds. The van der Waals surface area contributed by atoms with Crippen LogP contribution >= 0.6 is 21.6 Å². The monoisotopic (exact) mass is 366 g/mol. The Morgan fingerprint density at radius 3 is 2.62 bits per heavy atom. The van der Waals surface area contributed by atoms with Gasteiger partial charge in [0.15, 0.2) is 4.87 Å². The molecule has 24 heavy (non-hydrogen) atoms. The van der Waals surface area contributed by atoms with Crippen molar-refractivity contribution in [2.24, 2.45) is 0 Å². The molecule has 3 saturated heterocycles. The molecule has 6 nitrogen and oxygen atoms in total. The molecule has 3 aliphatic heterocycles. The minimum Gasteiger partial charge on any atom is -0.465 e. The second-order valence-corrected chi connectivity index (χ2v) is 8.63. The zero-order valence-corrected chi connectivity index (χ0v) is 15.3. The molecule has 0 saturated carbocycles. The van der Waals surface area contributed by atoms with E-state index in [9.17, 15) is 14.4 Å². The van der Waals surface area contributed by atoms with E-state index in [1.165, 1.54) is 17.9 Å². The van der Waals surface area contributed by atoms with Crippen molar-refractivity contribution in [1.29, 1.82) is 0 Å². The van der Waals surface area contributed by atoms with Crippen LogP contribution in [0.2, 0.25) is 0 Å². The van der Waals surface area contributed by atoms with Crippen molar-refractivity contribution in [1.82, 2.24) is 9.80 Å². The van der Waals surface area contributed by atoms with Gasteiger partial charge in [-0.15, -0.1) is 0 Å². The number of nitrogens with zero attached hydrogens (tertiary/aromatic N) is 2. The first-order valence-electron chi connectivity index (χ1n) is 7.45. The van der Waals surface area contributed by atoms with Gasteiger partial charge in [-0.1, -0.05) is 33.7 Å². The quantitative estimate of drug-likeness (QED) is 0.600. The predicted molar refractivity (Wildman–Crippen MR) is 93.3 cm³/mol. The number of carbonyl (C=O) groups is 3. The number of benzene rings is 1. The van der Waals surface area contributed by atoms with E-state index in [-0.39, 0.29) is 11.8 Å². The number of fused-ring (bicyclic) bond motifs is 4. The minimum absolute atomic E-state index is 0.0332. The first-order chi connectivity index (χ1) is 11.4. The Hall–Kier alpha value is -1.67. The normalized spacial score (nSPS) is 26.5. The van der Waals surface area contributed by atoms with E-state index >= 15 is 0 Å². The van der Waals surface area contributed by atoms with E-state index < -0.39 is 16.9 Å². The third kappa shape index (κ3) is 2.67. The molecule has 0 radical (unpaired) electrons. The summed E-state index contributed by atoms with van der Waals surface area (Å²) < 4.78 is 4.68. The third-order valence-electron chi connectivity index (χ3n) is 4.41. The lowest BCUT2D eigenvalue weighted by Crippen LogP contribution is -2.66. The zero-order valence-electron chi connectivity index (χ0n) is 13.6. The second-order valence-electron chi connectivity index (χ2n) is 5.90. The molecule has 4 rings (SSSR count). The lowest BCUT2D eigenvalue weighted by Gasteiger charge is -2.46. The minimum atomic E-state index is -0.912. The Morgan fingerprint density at radius 2 is 2.00 bits per heavy atom. The summed E-state index contributed by atoms with van der Waals surface area (Å²) in [7, 11) is 6.02. The SMILES string of the molecule is COC(=O)c1ccc(CN2C(=O)C3CSSC2(C)C(=O)N3C)cc1. The molecule has 0 N–H and O–H groups in total. The number of esters is 1. The summed E-state index contributed by atoms with van der Waals surface area (Å²) >= 11 is 0. The summed E-state index contributed by atoms with van der Waals surface area (Å²) in [5, 5.41) is 0. The molecule has 0 aliphatic carbocycles. The van der Waals surface area contributed by atoms with Crippen molar-refractivity contribution in [2.45, 2.75) is 24.4 Å². The molecule has 128 valence electrons. The van der Waals surface area contributed by atoms with Crippen LogP contribution in [-0.4, -0.2) is 58.4 Å². The van der Waals surface area contributed by atoms with Gasteiger partial charge in [-0.3, -0.25) is 9.59 Å². The van der Waals surface area contributed by atoms with E-state index in [0.29, 0.717) is 17.9 Å². The Balaban J connectivity index is 1.87. The molecular weight excluding hydrogens is 348 g/mol. The van der Waals surface area contributed by atoms with Crippen molar-refractivity contribution < 1.29 is 19.1 Å². The largest absolute Gasteiger partial charge is 0.465 e. The summed E-state index contributed by atoms with van der Waals surface area (Å²) in [6.45, 7) is 2.13. The van der Waals surface area contributed by atoms with Gasteiger partial charge in [0, 0.05) is 19.3 Å². The van der Waals surface area contributed by atoms with Gasteiger partial charge in [-0.05, 0) is 24.6 Å². The first-order valence-corrected chi connectivity index (χ1v) is 9.77. The average Bonchev–Trinajstić information content (AvgIpc) is 2.78. The van der Waals surface area contributed by atoms with Gasteiger partial charge in [0.2, 0.25) is 5.91 Å². The smallest absolute Gasteiger partial charge is 0.337 e. The summed E-state index contributed by atoms with van der Waals surface area (Å²) in [6.07, 6.45) is 0. The van der Waals surface area contributed by atoms with Crippen LogP contribution in [0.15, 0.2) is 24.3 Å². The Bertz CT molecular complexity index is 694. The van der Waals surface area contributed by atoms with Crippen LogP contribution < -0.4 is 0 Å². The molecule has 3 aliphatic rings. The first kappa shape index (κ1) is 17.2. The zero-order chi connectivity index (χ0) is 17.5. The van der Waals surface area contributed by atoms with Crippen LogP contribution in [0.25, 0.3) is 0 Å². The van der Waals surface area contributed by atoms with Crippen molar-refractivity contribution in [2.75, 3.05) is 19.9 Å². The van der Waals surface area contributed by atoms with E-state index in [1.54, 1.807) is 58.8 Å². The maximum absolute atomic E-state index is 12.8. The van der Waals surface area contributed by atoms with Crippen molar-refractivity contribution in [3.63, 3.8) is 0 Å². The van der Waals surface area contributed by atoms with E-state index in [2.05, 4.69) is 4.74 Å². The van der Waals surface area contributed by atoms with Gasteiger partial charge in [0.25, 0.3) is 5.91 Å². The molecule has 0 aromatic heterocycles. The van der Waals surface area contributed by atoms with Crippen LogP contribution in [0.4, 0.5) is 0 Å². The van der Waals surface area contributed by atoms with Gasteiger partial charge in [-0.25, -0.2) is 4.79 Å². The predicted octanol–water partition coefficient (Wildman–Crippen LogP) is 1.75. The molecule has 2 bridgehead atoms. The van der Waals surface area contributed by atoms with Crippen LogP contribution in [0.1, 0.15) is 22.8 Å². The van der Waals surface area contributed by atoms with Crippen LogP contribution in [0.5, 0.6) is 0 Å². The highest BCUT2D eigenvalue weighted by atomic mass is 33.1. The van der Waals surface area contributed by atoms with Gasteiger partial charge < -0.3 is 14.5 Å². The fraction of sp³-hybridized carbons (Fsp3) is 0.438. The van der Waals surface area contributed by atoms with Crippen molar-refractivity contribution >= 4 is 39.4 Å². The maximum atomic E-state index is 12.8. The van der Waals surface area contributed by atoms with Gasteiger partial charge in [0.1, 0.15) is 6.04 Å². The molecule has 1 aromatic carbocycles. The molecule has 3 fully saturated rings. The van der Waals surface area contributed by atoms with Gasteiger partial charge >= 0.3 is 5.97 Å². The van der Waals surface area contributed by atoms with Crippen LogP contribution in [0.3, 0.4) is 0 Å². The van der Waals surface area contributed by atoms with Gasteiger partial charge in [-0.2, -0.15) is 0 Å². The molecule has 3 heterocycles. The number of hydrogen-bond donors (Lipinski definition) is 0. The number of piperazine rings is 1. The maximum Gasteiger partial charge on any atom is 0.337 e. The highest BCUT2D eigenvalue weighted by molar-refractivity contribution is 8.77. The van der Waals surface area contributed by atoms with E-state index in [0.717, 1.165) is 5.56 Å². The summed E-state index contributed by atoms with van der Waals surface area (Å²) in [5.74, 6) is 0.114. The molecule has 0 spiro atoms. The number of methoxy groups -OCH3 is 1. The summed E-state index contributed by atoms with van der Waals surface area (Å²) in [6, 6.07) is 6.49. The highest BCUT2D eigenvalue weighted by Gasteiger charge is 2.55. The second kappa shape index (κ2) is 6.33. The highest BCUT2D eigenvalue weighted by Crippen LogP contribution is 2.47. The summed E-state index contributed by atoms with van der Waals surface area (Å²) in [4.78, 5) is 39.3. The summed E-state index contributed by atoms with van der Waals surface area (Å²) in [5.41, 5.74) is 1.32. The number of rotatable bonds is 3. The lowest BCUT2D eigenvalue weighted by atomic mass is 10.0. The number of carbonyl (C=O) groups excluding carboxylic acids is 3. The van der Waals surface area contributed by atoms with Crippen molar-refractivity contribution in [3.05, 3.63) is 35.4 Å². The molecule has 1 aromatic rings. The average molecular weight is 366 g/mol. The van der Waals surface area contributed by atoms with Crippen LogP contribution in [0, 0.1) is 0 Å². The lowest BCUT2D eigenvalue weighted by molar-refractivity contribution is -0.161. The Labute approximate surface area is 148 Å². The standard InChI is InChI=1S/C16H18N2O4S2/c1-16-15(21)17(2)12(9-23-24-16)13(19)18(16)8-10-4-6-11(7-5-10)14(20)22-3/h4-7,12H,8-9H2,1-3H3. The number of hydrogen-bond acceptors (Lipinski definition) is 6. The topological polar surface area (TPSA) is 66.9 Å². The molecule has 2 atom stereocenters. The third-order valence-corrected chi connectivity index (χ3v) is 7.44. The fourth-order valence-corrected chi connectivity index (χ4v) is 5.91. The number of amides is 2. The fourth-order valence-electron chi connectivity index (χ4n) is 2.89. The Kier molecular flexibility index (Phi) is 4.52.